The van der Waals surface area contributed by atoms with Gasteiger partial charge >= 0.3 is 0 Å². The van der Waals surface area contributed by atoms with Gasteiger partial charge < -0.3 is 9.80 Å². The number of nitriles is 2. The van der Waals surface area contributed by atoms with Gasteiger partial charge in [-0.25, -0.2) is 0 Å². The van der Waals surface area contributed by atoms with Crippen LogP contribution in [0.2, 0.25) is 0 Å². The van der Waals surface area contributed by atoms with Gasteiger partial charge in [-0.3, -0.25) is 18.7 Å². The Morgan fingerprint density at radius 3 is 1.44 bits per heavy atom. The summed E-state index contributed by atoms with van der Waals surface area (Å²) in [6.45, 7) is 4.18. The molecule has 4 aromatic rings. The van der Waals surface area contributed by atoms with Crippen molar-refractivity contribution in [2.75, 3.05) is 21.6 Å². The number of anilines is 2. The molecule has 0 atom stereocenters. The highest BCUT2D eigenvalue weighted by Crippen LogP contribution is 2.35. The van der Waals surface area contributed by atoms with Gasteiger partial charge in [0.15, 0.2) is 0 Å². The minimum Gasteiger partial charge on any atom is -0.344 e. The van der Waals surface area contributed by atoms with Crippen molar-refractivity contribution < 1.29 is 0 Å². The summed E-state index contributed by atoms with van der Waals surface area (Å²) in [6.07, 6.45) is 0.0469. The average Bonchev–Trinajstić information content (AvgIpc) is 3.02. The van der Waals surface area contributed by atoms with Crippen molar-refractivity contribution in [2.45, 2.75) is 43.7 Å². The minimum absolute atomic E-state index is 0.0469. The number of benzene rings is 2. The van der Waals surface area contributed by atoms with Gasteiger partial charge in [0, 0.05) is 28.9 Å². The predicted octanol–water partition coefficient (Wildman–Crippen LogP) is 5.02. The molecule has 10 heteroatoms. The zero-order chi connectivity index (χ0) is 28.7. The van der Waals surface area contributed by atoms with E-state index in [0.29, 0.717) is 68.5 Å². The number of aromatic nitrogens is 2. The first-order chi connectivity index (χ1) is 19.9. The fraction of sp³-hybridized carbons (Fsp3) is 0.226. The van der Waals surface area contributed by atoms with Crippen LogP contribution in [0.4, 0.5) is 11.4 Å². The largest absolute Gasteiger partial charge is 0.344 e. The first-order valence-electron chi connectivity index (χ1n) is 13.1. The van der Waals surface area contributed by atoms with Gasteiger partial charge in [0.2, 0.25) is 0 Å². The Balaban J connectivity index is 1.45. The quantitative estimate of drug-likeness (QED) is 0.333. The maximum Gasteiger partial charge on any atom is 0.256 e. The Kier molecular flexibility index (Phi) is 7.12. The van der Waals surface area contributed by atoms with Gasteiger partial charge in [0.05, 0.1) is 46.3 Å². The molecule has 2 aliphatic heterocycles. The van der Waals surface area contributed by atoms with E-state index in [4.69, 9.17) is 0 Å². The number of hydrogen-bond donors (Lipinski definition) is 0. The highest BCUT2D eigenvalue weighted by atomic mass is 32.2. The van der Waals surface area contributed by atoms with Crippen molar-refractivity contribution in [3.8, 4) is 12.1 Å². The van der Waals surface area contributed by atoms with Crippen LogP contribution < -0.4 is 20.9 Å². The molecule has 204 valence electrons. The molecule has 0 radical (unpaired) electrons. The summed E-state index contributed by atoms with van der Waals surface area (Å²) < 4.78 is 3.29. The van der Waals surface area contributed by atoms with Gasteiger partial charge in [-0.2, -0.15) is 10.5 Å². The van der Waals surface area contributed by atoms with E-state index < -0.39 is 0 Å². The standard InChI is InChI=1S/C31H26N6O2S2/c1-20-24(28(38)36-16-34(22-9-5-3-6-10-22)18-40-30(36)26(20)14-32)13-25-21(2)27(15-33)31-37(29(25)39)17-35(19-41-31)23-11-7-4-8-12-23/h3-12H,13,16-19H2,1-2H3. The van der Waals surface area contributed by atoms with Gasteiger partial charge in [-0.1, -0.05) is 59.9 Å². The van der Waals surface area contributed by atoms with Crippen LogP contribution in [0.25, 0.3) is 0 Å². The molecule has 2 aliphatic rings. The van der Waals surface area contributed by atoms with Gasteiger partial charge in [-0.15, -0.1) is 0 Å². The van der Waals surface area contributed by atoms with E-state index in [-0.39, 0.29) is 17.5 Å². The fourth-order valence-corrected chi connectivity index (χ4v) is 7.73. The van der Waals surface area contributed by atoms with Crippen molar-refractivity contribution in [1.82, 2.24) is 9.13 Å². The summed E-state index contributed by atoms with van der Waals surface area (Å²) >= 11 is 2.93. The molecule has 0 saturated heterocycles. The summed E-state index contributed by atoms with van der Waals surface area (Å²) in [5.41, 5.74) is 4.45. The molecule has 0 unspecified atom stereocenters. The van der Waals surface area contributed by atoms with Crippen molar-refractivity contribution in [3.05, 3.63) is 115 Å². The predicted molar refractivity (Wildman–Crippen MR) is 162 cm³/mol. The van der Waals surface area contributed by atoms with E-state index in [9.17, 15) is 20.1 Å². The summed E-state index contributed by atoms with van der Waals surface area (Å²) in [6, 6.07) is 24.3. The lowest BCUT2D eigenvalue weighted by molar-refractivity contribution is 0.571. The van der Waals surface area contributed by atoms with E-state index >= 15 is 0 Å². The van der Waals surface area contributed by atoms with Crippen LogP contribution in [0, 0.1) is 36.5 Å². The van der Waals surface area contributed by atoms with Crippen LogP contribution >= 0.6 is 23.5 Å². The fourth-order valence-electron chi connectivity index (χ4n) is 5.43. The third-order valence-electron chi connectivity index (χ3n) is 7.74. The SMILES string of the molecule is Cc1c(C#N)c2n(c(=O)c1Cc1c(C)c(C#N)c3n(c1=O)CN(c1ccccc1)CS3)CN(c1ccccc1)CS2. The molecular formula is C31H26N6O2S2. The number of para-hydroxylation sites is 2. The minimum atomic E-state index is -0.218. The maximum absolute atomic E-state index is 14.0. The maximum atomic E-state index is 14.0. The number of thioether (sulfide) groups is 2. The number of pyridine rings is 2. The normalized spacial score (nSPS) is 14.1. The smallest absolute Gasteiger partial charge is 0.256 e. The van der Waals surface area contributed by atoms with Gasteiger partial charge in [0.25, 0.3) is 11.1 Å². The molecule has 0 saturated carbocycles. The van der Waals surface area contributed by atoms with Gasteiger partial charge in [0.1, 0.15) is 12.1 Å². The number of fused-ring (bicyclic) bond motifs is 2. The Morgan fingerprint density at radius 1 is 0.683 bits per heavy atom. The second-order valence-electron chi connectivity index (χ2n) is 10.0. The van der Waals surface area contributed by atoms with Crippen molar-refractivity contribution >= 4 is 34.9 Å². The molecule has 2 aromatic heterocycles. The Morgan fingerprint density at radius 2 is 1.07 bits per heavy atom. The summed E-state index contributed by atoms with van der Waals surface area (Å²) in [7, 11) is 0. The monoisotopic (exact) mass is 578 g/mol. The van der Waals surface area contributed by atoms with E-state index in [0.717, 1.165) is 11.4 Å². The zero-order valence-corrected chi connectivity index (χ0v) is 24.3. The Hall–Kier alpha value is -4.38. The average molecular weight is 579 g/mol. The summed E-state index contributed by atoms with van der Waals surface area (Å²) in [5.74, 6) is 1.23. The molecule has 41 heavy (non-hydrogen) atoms. The first-order valence-corrected chi connectivity index (χ1v) is 15.1. The van der Waals surface area contributed by atoms with Gasteiger partial charge in [-0.05, 0) is 49.2 Å². The van der Waals surface area contributed by atoms with Crippen LogP contribution in [-0.2, 0) is 19.8 Å². The number of rotatable bonds is 4. The molecule has 0 bridgehead atoms. The molecule has 0 spiro atoms. The second kappa shape index (κ2) is 10.9. The Bertz CT molecular complexity index is 1730. The van der Waals surface area contributed by atoms with Crippen LogP contribution in [-0.4, -0.2) is 20.9 Å². The third kappa shape index (κ3) is 4.59. The van der Waals surface area contributed by atoms with Crippen molar-refractivity contribution in [1.29, 1.82) is 10.5 Å². The van der Waals surface area contributed by atoms with Crippen molar-refractivity contribution in [3.63, 3.8) is 0 Å². The lowest BCUT2D eigenvalue weighted by Gasteiger charge is -2.33. The highest BCUT2D eigenvalue weighted by molar-refractivity contribution is 7.99. The Labute approximate surface area is 246 Å². The topological polar surface area (TPSA) is 98.1 Å². The van der Waals surface area contributed by atoms with Crippen molar-refractivity contribution in [2.24, 2.45) is 0 Å². The molecule has 0 N–H and O–H groups in total. The van der Waals surface area contributed by atoms with E-state index in [1.807, 2.05) is 60.7 Å². The molecule has 6 rings (SSSR count). The summed E-state index contributed by atoms with van der Waals surface area (Å²) in [4.78, 5) is 32.2. The molecule has 0 aliphatic carbocycles. The third-order valence-corrected chi connectivity index (χ3v) is 10.0. The lowest BCUT2D eigenvalue weighted by atomic mass is 9.95. The number of nitrogens with zero attached hydrogens (tertiary/aromatic N) is 6. The zero-order valence-electron chi connectivity index (χ0n) is 22.6. The van der Waals surface area contributed by atoms with E-state index in [1.54, 1.807) is 23.0 Å². The molecule has 2 aromatic carbocycles. The van der Waals surface area contributed by atoms with Crippen LogP contribution in [0.5, 0.6) is 0 Å². The van der Waals surface area contributed by atoms with Crippen LogP contribution in [0.3, 0.4) is 0 Å². The second-order valence-corrected chi connectivity index (χ2v) is 11.9. The summed E-state index contributed by atoms with van der Waals surface area (Å²) in [5, 5.41) is 21.5. The molecular weight excluding hydrogens is 553 g/mol. The highest BCUT2D eigenvalue weighted by Gasteiger charge is 2.29. The van der Waals surface area contributed by atoms with Crippen LogP contribution in [0.15, 0.2) is 80.3 Å². The lowest BCUT2D eigenvalue weighted by Crippen LogP contribution is -2.41. The van der Waals surface area contributed by atoms with E-state index in [2.05, 4.69) is 21.9 Å². The van der Waals surface area contributed by atoms with E-state index in [1.165, 1.54) is 23.5 Å². The molecule has 0 amide bonds. The number of hydrogen-bond acceptors (Lipinski definition) is 8. The van der Waals surface area contributed by atoms with Crippen LogP contribution in [0.1, 0.15) is 33.4 Å². The molecule has 8 nitrogen and oxygen atoms in total. The molecule has 0 fully saturated rings. The first kappa shape index (κ1) is 26.8. The molecule has 4 heterocycles.